The van der Waals surface area contributed by atoms with E-state index >= 15 is 0 Å². The van der Waals surface area contributed by atoms with Gasteiger partial charge in [0.1, 0.15) is 12.3 Å². The summed E-state index contributed by atoms with van der Waals surface area (Å²) in [4.78, 5) is 24.6. The van der Waals surface area contributed by atoms with Crippen LogP contribution in [-0.2, 0) is 11.3 Å². The molecule has 162 valence electrons. The lowest BCUT2D eigenvalue weighted by atomic mass is 10.2. The number of thiocarbonyl (C=S) groups is 1. The van der Waals surface area contributed by atoms with Gasteiger partial charge in [0.05, 0.1) is 11.1 Å². The Morgan fingerprint density at radius 1 is 1.13 bits per heavy atom. The molecule has 0 radical (unpaired) electrons. The van der Waals surface area contributed by atoms with Gasteiger partial charge in [-0.1, -0.05) is 31.5 Å². The van der Waals surface area contributed by atoms with E-state index in [1.807, 2.05) is 41.1 Å². The zero-order chi connectivity index (χ0) is 22.2. The Hall–Kier alpha value is -2.91. The summed E-state index contributed by atoms with van der Waals surface area (Å²) in [5.41, 5.74) is 6.42. The van der Waals surface area contributed by atoms with Crippen molar-refractivity contribution in [2.24, 2.45) is 0 Å². The van der Waals surface area contributed by atoms with Crippen LogP contribution in [0.5, 0.6) is 5.75 Å². The van der Waals surface area contributed by atoms with Gasteiger partial charge in [-0.25, -0.2) is 0 Å². The van der Waals surface area contributed by atoms with Gasteiger partial charge >= 0.3 is 0 Å². The minimum atomic E-state index is -0.399. The van der Waals surface area contributed by atoms with Gasteiger partial charge < -0.3 is 9.30 Å². The number of carbonyl (C=O) groups excluding carboxylic acids is 2. The van der Waals surface area contributed by atoms with Gasteiger partial charge in [0.25, 0.3) is 11.8 Å². The molecule has 0 fully saturated rings. The topological polar surface area (TPSA) is 84.4 Å². The predicted molar refractivity (Wildman–Crippen MR) is 128 cm³/mol. The first kappa shape index (κ1) is 22.8. The van der Waals surface area contributed by atoms with Crippen LogP contribution in [0.15, 0.2) is 59.2 Å². The number of rotatable bonds is 7. The Morgan fingerprint density at radius 3 is 2.71 bits per heavy atom. The minimum Gasteiger partial charge on any atom is -0.492 e. The van der Waals surface area contributed by atoms with Crippen molar-refractivity contribution < 1.29 is 14.3 Å². The number of halogens is 1. The molecule has 0 aliphatic carbocycles. The number of nitrogens with one attached hydrogen (secondary N) is 3. The molecule has 1 heterocycles. The summed E-state index contributed by atoms with van der Waals surface area (Å²) in [6.07, 6.45) is 3.85. The van der Waals surface area contributed by atoms with Crippen LogP contribution < -0.4 is 20.9 Å². The molecule has 0 unspecified atom stereocenters. The van der Waals surface area contributed by atoms with Crippen LogP contribution >= 0.6 is 28.1 Å². The fraction of sp³-hybridized carbons (Fsp3) is 0.227. The highest BCUT2D eigenvalue weighted by Crippen LogP contribution is 2.26. The van der Waals surface area contributed by atoms with Crippen LogP contribution in [0, 0.1) is 0 Å². The first-order valence-corrected chi connectivity index (χ1v) is 11.0. The maximum absolute atomic E-state index is 12.4. The molecule has 1 aromatic heterocycles. The van der Waals surface area contributed by atoms with Crippen LogP contribution in [0.1, 0.15) is 30.1 Å². The monoisotopic (exact) mass is 502 g/mol. The van der Waals surface area contributed by atoms with E-state index in [0.29, 0.717) is 22.4 Å². The quantitative estimate of drug-likeness (QED) is 0.259. The molecule has 31 heavy (non-hydrogen) atoms. The van der Waals surface area contributed by atoms with E-state index in [-0.39, 0.29) is 17.6 Å². The van der Waals surface area contributed by atoms with Gasteiger partial charge in [-0.3, -0.25) is 25.8 Å². The lowest BCUT2D eigenvalue weighted by Crippen LogP contribution is -2.49. The number of ether oxygens (including phenoxy) is 1. The second-order valence-corrected chi connectivity index (χ2v) is 8.07. The van der Waals surface area contributed by atoms with Crippen molar-refractivity contribution in [1.82, 2.24) is 20.7 Å². The lowest BCUT2D eigenvalue weighted by Gasteiger charge is -2.12. The third-order valence-corrected chi connectivity index (χ3v) is 5.31. The summed E-state index contributed by atoms with van der Waals surface area (Å²) in [6, 6.07) is 14.8. The van der Waals surface area contributed by atoms with Crippen molar-refractivity contribution in [3.05, 3.63) is 64.8 Å². The average molecular weight is 503 g/mol. The molecule has 2 aromatic carbocycles. The van der Waals surface area contributed by atoms with Gasteiger partial charge in [0.2, 0.25) is 0 Å². The van der Waals surface area contributed by atoms with E-state index in [4.69, 9.17) is 17.0 Å². The van der Waals surface area contributed by atoms with E-state index in [1.54, 1.807) is 18.2 Å². The summed E-state index contributed by atoms with van der Waals surface area (Å²) in [5, 5.41) is 3.59. The van der Waals surface area contributed by atoms with Crippen LogP contribution in [0.3, 0.4) is 0 Å². The number of hydrogen-bond acceptors (Lipinski definition) is 4. The average Bonchev–Trinajstić information content (AvgIpc) is 3.16. The molecule has 3 rings (SSSR count). The van der Waals surface area contributed by atoms with Gasteiger partial charge in [-0.15, -0.1) is 0 Å². The lowest BCUT2D eigenvalue weighted by molar-refractivity contribution is -0.122. The number of hydrazine groups is 1. The first-order valence-electron chi connectivity index (χ1n) is 9.84. The standard InChI is InChI=1S/C22H23BrN4O3S/c1-2-3-12-30-19-9-8-16(13-17(19)23)21(29)24-22(31)26-25-20(28)14-27-11-10-15-6-4-5-7-18(15)27/h4-11,13H,2-3,12,14H2,1H3,(H,25,28)(H2,24,26,29,31). The van der Waals surface area contributed by atoms with Gasteiger partial charge in [0.15, 0.2) is 5.11 Å². The van der Waals surface area contributed by atoms with Crippen molar-refractivity contribution in [3.63, 3.8) is 0 Å². The van der Waals surface area contributed by atoms with Crippen molar-refractivity contribution in [2.45, 2.75) is 26.3 Å². The summed E-state index contributed by atoms with van der Waals surface area (Å²) in [7, 11) is 0. The minimum absolute atomic E-state index is 0.00453. The molecule has 7 nitrogen and oxygen atoms in total. The Bertz CT molecular complexity index is 1100. The summed E-state index contributed by atoms with van der Waals surface area (Å²) in [5.74, 6) is -0.0197. The third kappa shape index (κ3) is 6.28. The van der Waals surface area contributed by atoms with Crippen LogP contribution in [0.2, 0.25) is 0 Å². The van der Waals surface area contributed by atoms with Crippen molar-refractivity contribution >= 4 is 56.0 Å². The second kappa shape index (κ2) is 10.9. The number of nitrogens with zero attached hydrogens (tertiary/aromatic N) is 1. The fourth-order valence-corrected chi connectivity index (χ4v) is 3.53. The molecule has 3 N–H and O–H groups in total. The van der Waals surface area contributed by atoms with Gasteiger partial charge in [-0.2, -0.15) is 0 Å². The van der Waals surface area contributed by atoms with E-state index in [2.05, 4.69) is 39.0 Å². The molecule has 0 saturated carbocycles. The molecule has 0 bridgehead atoms. The molecular formula is C22H23BrN4O3S. The van der Waals surface area contributed by atoms with Crippen molar-refractivity contribution in [3.8, 4) is 5.75 Å². The number of amides is 2. The van der Waals surface area contributed by atoms with Crippen molar-refractivity contribution in [2.75, 3.05) is 6.61 Å². The smallest absolute Gasteiger partial charge is 0.258 e. The Balaban J connectivity index is 1.48. The molecule has 3 aromatic rings. The second-order valence-electron chi connectivity index (χ2n) is 6.81. The number of carbonyl (C=O) groups is 2. The number of unbranched alkanes of at least 4 members (excludes halogenated alkanes) is 1. The predicted octanol–water partition coefficient (Wildman–Crippen LogP) is 3.92. The fourth-order valence-electron chi connectivity index (χ4n) is 2.89. The number of benzene rings is 2. The van der Waals surface area contributed by atoms with E-state index in [9.17, 15) is 9.59 Å². The Kier molecular flexibility index (Phi) is 8.02. The van der Waals surface area contributed by atoms with Gasteiger partial charge in [-0.05, 0) is 70.3 Å². The highest BCUT2D eigenvalue weighted by molar-refractivity contribution is 9.10. The number of fused-ring (bicyclic) bond motifs is 1. The van der Waals surface area contributed by atoms with Crippen LogP contribution in [-0.4, -0.2) is 28.1 Å². The van der Waals surface area contributed by atoms with E-state index in [0.717, 1.165) is 23.7 Å². The normalized spacial score (nSPS) is 10.5. The third-order valence-electron chi connectivity index (χ3n) is 4.49. The maximum atomic E-state index is 12.4. The summed E-state index contributed by atoms with van der Waals surface area (Å²) in [6.45, 7) is 2.82. The SMILES string of the molecule is CCCCOc1ccc(C(=O)NC(=S)NNC(=O)Cn2ccc3ccccc32)cc1Br. The van der Waals surface area contributed by atoms with E-state index in [1.165, 1.54) is 0 Å². The van der Waals surface area contributed by atoms with Gasteiger partial charge in [0, 0.05) is 17.3 Å². The zero-order valence-electron chi connectivity index (χ0n) is 17.0. The molecule has 2 amide bonds. The highest BCUT2D eigenvalue weighted by Gasteiger charge is 2.12. The largest absolute Gasteiger partial charge is 0.492 e. The molecule has 0 saturated heterocycles. The van der Waals surface area contributed by atoms with Crippen LogP contribution in [0.25, 0.3) is 10.9 Å². The Morgan fingerprint density at radius 2 is 1.94 bits per heavy atom. The molecular weight excluding hydrogens is 480 g/mol. The first-order chi connectivity index (χ1) is 15.0. The Labute approximate surface area is 194 Å². The number of aromatic nitrogens is 1. The molecule has 0 spiro atoms. The molecule has 9 heteroatoms. The molecule has 0 aliphatic rings. The maximum Gasteiger partial charge on any atom is 0.258 e. The summed E-state index contributed by atoms with van der Waals surface area (Å²) >= 11 is 8.52. The summed E-state index contributed by atoms with van der Waals surface area (Å²) < 4.78 is 8.17. The van der Waals surface area contributed by atoms with E-state index < -0.39 is 5.91 Å². The van der Waals surface area contributed by atoms with Crippen LogP contribution in [0.4, 0.5) is 0 Å². The number of para-hydroxylation sites is 1. The molecule has 0 atom stereocenters. The number of hydrogen-bond donors (Lipinski definition) is 3. The van der Waals surface area contributed by atoms with Crippen molar-refractivity contribution in [1.29, 1.82) is 0 Å². The highest BCUT2D eigenvalue weighted by atomic mass is 79.9. The zero-order valence-corrected chi connectivity index (χ0v) is 19.4. The molecule has 0 aliphatic heterocycles.